The van der Waals surface area contributed by atoms with Crippen LogP contribution in [0.5, 0.6) is 0 Å². The Morgan fingerprint density at radius 2 is 2.23 bits per heavy atom. The monoisotopic (exact) mass is 310 g/mol. The SMILES string of the molecule is CC1CCC(C(=O)O)CN1C(=O)CCn1cc([N+](=O)[O-])cn1. The van der Waals surface area contributed by atoms with Crippen LogP contribution in [0.15, 0.2) is 12.4 Å². The molecule has 0 aromatic carbocycles. The van der Waals surface area contributed by atoms with E-state index >= 15 is 0 Å². The number of piperidine rings is 1. The number of hydrogen-bond donors (Lipinski definition) is 1. The van der Waals surface area contributed by atoms with Crippen LogP contribution in [-0.2, 0) is 16.1 Å². The molecule has 1 aromatic rings. The maximum atomic E-state index is 12.2. The Bertz CT molecular complexity index is 585. The van der Waals surface area contributed by atoms with Crippen molar-refractivity contribution in [2.45, 2.75) is 38.8 Å². The number of hydrogen-bond acceptors (Lipinski definition) is 5. The predicted molar refractivity (Wildman–Crippen MR) is 75.0 cm³/mol. The molecule has 1 aliphatic heterocycles. The van der Waals surface area contributed by atoms with Crippen molar-refractivity contribution in [2.75, 3.05) is 6.54 Å². The standard InChI is InChI=1S/C13H18N4O5/c1-9-2-3-10(13(19)20)7-16(9)12(18)4-5-15-8-11(6-14-15)17(21)22/h6,8-10H,2-5,7H2,1H3,(H,19,20). The first kappa shape index (κ1) is 15.9. The van der Waals surface area contributed by atoms with Crippen LogP contribution in [0.25, 0.3) is 0 Å². The molecule has 1 aliphatic rings. The van der Waals surface area contributed by atoms with Gasteiger partial charge in [-0.05, 0) is 19.8 Å². The lowest BCUT2D eigenvalue weighted by Gasteiger charge is -2.36. The van der Waals surface area contributed by atoms with Gasteiger partial charge in [-0.3, -0.25) is 24.4 Å². The first-order chi connectivity index (χ1) is 10.4. The van der Waals surface area contributed by atoms with Crippen molar-refractivity contribution in [3.05, 3.63) is 22.5 Å². The minimum Gasteiger partial charge on any atom is -0.481 e. The number of carboxylic acids is 1. The number of carbonyl (C=O) groups excluding carboxylic acids is 1. The molecule has 9 heteroatoms. The van der Waals surface area contributed by atoms with Gasteiger partial charge in [-0.15, -0.1) is 0 Å². The molecule has 0 radical (unpaired) electrons. The van der Waals surface area contributed by atoms with E-state index in [9.17, 15) is 19.7 Å². The summed E-state index contributed by atoms with van der Waals surface area (Å²) in [5.74, 6) is -1.56. The summed E-state index contributed by atoms with van der Waals surface area (Å²) in [5, 5.41) is 23.5. The number of nitro groups is 1. The van der Waals surface area contributed by atoms with Gasteiger partial charge in [0.15, 0.2) is 0 Å². The second-order valence-corrected chi connectivity index (χ2v) is 5.48. The molecule has 22 heavy (non-hydrogen) atoms. The number of likely N-dealkylation sites (tertiary alicyclic amines) is 1. The highest BCUT2D eigenvalue weighted by Gasteiger charge is 2.32. The Balaban J connectivity index is 1.92. The Morgan fingerprint density at radius 1 is 1.50 bits per heavy atom. The average Bonchev–Trinajstić information content (AvgIpc) is 2.94. The molecule has 1 amide bonds. The zero-order valence-electron chi connectivity index (χ0n) is 12.2. The van der Waals surface area contributed by atoms with E-state index in [1.807, 2.05) is 6.92 Å². The van der Waals surface area contributed by atoms with Crippen molar-refractivity contribution in [1.82, 2.24) is 14.7 Å². The molecule has 2 heterocycles. The van der Waals surface area contributed by atoms with E-state index in [1.165, 1.54) is 10.9 Å². The van der Waals surface area contributed by atoms with E-state index in [2.05, 4.69) is 5.10 Å². The van der Waals surface area contributed by atoms with Gasteiger partial charge in [-0.1, -0.05) is 0 Å². The van der Waals surface area contributed by atoms with Gasteiger partial charge in [0.2, 0.25) is 5.91 Å². The van der Waals surface area contributed by atoms with Crippen molar-refractivity contribution in [1.29, 1.82) is 0 Å². The normalized spacial score (nSPS) is 21.6. The minimum atomic E-state index is -0.882. The Kier molecular flexibility index (Phi) is 4.74. The van der Waals surface area contributed by atoms with Crippen molar-refractivity contribution in [3.63, 3.8) is 0 Å². The van der Waals surface area contributed by atoms with E-state index in [0.29, 0.717) is 12.8 Å². The molecule has 1 fully saturated rings. The van der Waals surface area contributed by atoms with Crippen LogP contribution in [0.2, 0.25) is 0 Å². The zero-order valence-corrected chi connectivity index (χ0v) is 12.2. The molecule has 2 unspecified atom stereocenters. The molecule has 0 spiro atoms. The molecule has 2 rings (SSSR count). The van der Waals surface area contributed by atoms with Crippen LogP contribution in [0, 0.1) is 16.0 Å². The number of aliphatic carboxylic acids is 1. The van der Waals surface area contributed by atoms with Gasteiger partial charge in [0, 0.05) is 25.6 Å². The van der Waals surface area contributed by atoms with Crippen molar-refractivity contribution >= 4 is 17.6 Å². The minimum absolute atomic E-state index is 0.00931. The van der Waals surface area contributed by atoms with Gasteiger partial charge in [-0.2, -0.15) is 5.10 Å². The maximum absolute atomic E-state index is 12.2. The highest BCUT2D eigenvalue weighted by Crippen LogP contribution is 2.23. The predicted octanol–water partition coefficient (Wildman–Crippen LogP) is 0.893. The number of rotatable bonds is 5. The van der Waals surface area contributed by atoms with E-state index in [4.69, 9.17) is 5.11 Å². The maximum Gasteiger partial charge on any atom is 0.308 e. The number of carbonyl (C=O) groups is 2. The summed E-state index contributed by atoms with van der Waals surface area (Å²) >= 11 is 0. The third kappa shape index (κ3) is 3.60. The zero-order chi connectivity index (χ0) is 16.3. The molecule has 9 nitrogen and oxygen atoms in total. The number of nitrogens with zero attached hydrogens (tertiary/aromatic N) is 4. The lowest BCUT2D eigenvalue weighted by molar-refractivity contribution is -0.385. The lowest BCUT2D eigenvalue weighted by Crippen LogP contribution is -2.47. The van der Waals surface area contributed by atoms with Crippen LogP contribution >= 0.6 is 0 Å². The Labute approximate surface area is 126 Å². The van der Waals surface area contributed by atoms with Crippen molar-refractivity contribution < 1.29 is 19.6 Å². The van der Waals surface area contributed by atoms with Gasteiger partial charge < -0.3 is 10.0 Å². The number of aryl methyl sites for hydroxylation is 1. The Morgan fingerprint density at radius 3 is 2.82 bits per heavy atom. The summed E-state index contributed by atoms with van der Waals surface area (Å²) in [4.78, 5) is 34.9. The molecular weight excluding hydrogens is 292 g/mol. The van der Waals surface area contributed by atoms with E-state index in [1.54, 1.807) is 4.90 Å². The quantitative estimate of drug-likeness (QED) is 0.637. The average molecular weight is 310 g/mol. The summed E-state index contributed by atoms with van der Waals surface area (Å²) in [6.45, 7) is 2.34. The fourth-order valence-corrected chi connectivity index (χ4v) is 2.58. The largest absolute Gasteiger partial charge is 0.481 e. The fourth-order valence-electron chi connectivity index (χ4n) is 2.58. The number of aromatic nitrogens is 2. The first-order valence-corrected chi connectivity index (χ1v) is 7.07. The second kappa shape index (κ2) is 6.54. The molecule has 1 aromatic heterocycles. The first-order valence-electron chi connectivity index (χ1n) is 7.07. The summed E-state index contributed by atoms with van der Waals surface area (Å²) < 4.78 is 1.35. The van der Waals surface area contributed by atoms with E-state index in [-0.39, 0.29) is 37.1 Å². The van der Waals surface area contributed by atoms with Gasteiger partial charge >= 0.3 is 11.7 Å². The second-order valence-electron chi connectivity index (χ2n) is 5.48. The molecule has 1 saturated heterocycles. The van der Waals surface area contributed by atoms with Crippen LogP contribution in [0.3, 0.4) is 0 Å². The molecular formula is C13H18N4O5. The van der Waals surface area contributed by atoms with Gasteiger partial charge in [0.1, 0.15) is 12.4 Å². The molecule has 120 valence electrons. The van der Waals surface area contributed by atoms with Crippen LogP contribution in [-0.4, -0.2) is 49.2 Å². The summed E-state index contributed by atoms with van der Waals surface area (Å²) in [6, 6.07) is 0.00931. The molecule has 0 saturated carbocycles. The van der Waals surface area contributed by atoms with E-state index < -0.39 is 16.8 Å². The van der Waals surface area contributed by atoms with Crippen LogP contribution in [0.1, 0.15) is 26.2 Å². The van der Waals surface area contributed by atoms with Crippen molar-refractivity contribution in [2.24, 2.45) is 5.92 Å². The van der Waals surface area contributed by atoms with Crippen LogP contribution in [0.4, 0.5) is 5.69 Å². The lowest BCUT2D eigenvalue weighted by atomic mass is 9.93. The van der Waals surface area contributed by atoms with Gasteiger partial charge in [-0.25, -0.2) is 0 Å². The summed E-state index contributed by atoms with van der Waals surface area (Å²) in [5.41, 5.74) is -0.121. The fraction of sp³-hybridized carbons (Fsp3) is 0.615. The molecule has 0 bridgehead atoms. The van der Waals surface area contributed by atoms with Crippen molar-refractivity contribution in [3.8, 4) is 0 Å². The van der Waals surface area contributed by atoms with E-state index in [0.717, 1.165) is 6.20 Å². The molecule has 2 atom stereocenters. The topological polar surface area (TPSA) is 119 Å². The highest BCUT2D eigenvalue weighted by atomic mass is 16.6. The Hall–Kier alpha value is -2.45. The smallest absolute Gasteiger partial charge is 0.308 e. The highest BCUT2D eigenvalue weighted by molar-refractivity contribution is 5.78. The number of amides is 1. The number of carboxylic acid groups (broad SMARTS) is 1. The third-order valence-electron chi connectivity index (χ3n) is 3.94. The van der Waals surface area contributed by atoms with Gasteiger partial charge in [0.05, 0.1) is 10.8 Å². The molecule has 0 aliphatic carbocycles. The summed E-state index contributed by atoms with van der Waals surface area (Å²) in [7, 11) is 0. The third-order valence-corrected chi connectivity index (χ3v) is 3.94. The molecule has 1 N–H and O–H groups in total. The van der Waals surface area contributed by atoms with Gasteiger partial charge in [0.25, 0.3) is 0 Å². The van der Waals surface area contributed by atoms with Crippen LogP contribution < -0.4 is 0 Å². The summed E-state index contributed by atoms with van der Waals surface area (Å²) in [6.07, 6.45) is 3.78.